The molecule has 4 nitrogen and oxygen atoms in total. The lowest BCUT2D eigenvalue weighted by molar-refractivity contribution is -0.139. The number of amides is 1. The zero-order valence-electron chi connectivity index (χ0n) is 12.1. The maximum absolute atomic E-state index is 12.2. The molecule has 6 heteroatoms. The van der Waals surface area contributed by atoms with Crippen molar-refractivity contribution in [1.29, 1.82) is 0 Å². The number of carbonyl (C=O) groups excluding carboxylic acids is 1. The molecule has 120 valence electrons. The van der Waals surface area contributed by atoms with Gasteiger partial charge in [0.15, 0.2) is 0 Å². The fourth-order valence-electron chi connectivity index (χ4n) is 2.90. The number of hydrogen-bond acceptors (Lipinski definition) is 2. The molecule has 0 radical (unpaired) electrons. The molecule has 22 heavy (non-hydrogen) atoms. The molecule has 2 N–H and O–H groups in total. The lowest BCUT2D eigenvalue weighted by Crippen LogP contribution is -2.42. The molecule has 0 heterocycles. The summed E-state index contributed by atoms with van der Waals surface area (Å²) in [5, 5.41) is 12.6. The van der Waals surface area contributed by atoms with Crippen LogP contribution in [-0.4, -0.2) is 23.0 Å². The van der Waals surface area contributed by atoms with Crippen LogP contribution in [0.25, 0.3) is 0 Å². The van der Waals surface area contributed by atoms with E-state index in [1.54, 1.807) is 0 Å². The Bertz CT molecular complexity index is 536. The second-order valence-corrected chi connectivity index (χ2v) is 6.64. The first-order valence-corrected chi connectivity index (χ1v) is 8.21. The summed E-state index contributed by atoms with van der Waals surface area (Å²) < 4.78 is 0. The first-order valence-electron chi connectivity index (χ1n) is 7.45. The molecule has 1 fully saturated rings. The van der Waals surface area contributed by atoms with E-state index in [1.807, 2.05) is 0 Å². The monoisotopic (exact) mass is 343 g/mol. The summed E-state index contributed by atoms with van der Waals surface area (Å²) in [5.74, 6) is -1.11. The van der Waals surface area contributed by atoms with E-state index >= 15 is 0 Å². The minimum Gasteiger partial charge on any atom is -0.480 e. The van der Waals surface area contributed by atoms with E-state index in [1.165, 1.54) is 24.6 Å². The summed E-state index contributed by atoms with van der Waals surface area (Å²) in [6.07, 6.45) is 6.01. The number of carbonyl (C=O) groups is 2. The van der Waals surface area contributed by atoms with Gasteiger partial charge < -0.3 is 10.4 Å². The van der Waals surface area contributed by atoms with Gasteiger partial charge in [0, 0.05) is 15.6 Å². The van der Waals surface area contributed by atoms with Gasteiger partial charge in [0.2, 0.25) is 0 Å². The summed E-state index contributed by atoms with van der Waals surface area (Å²) in [4.78, 5) is 23.6. The highest BCUT2D eigenvalue weighted by atomic mass is 35.5. The van der Waals surface area contributed by atoms with Gasteiger partial charge in [-0.25, -0.2) is 4.79 Å². The van der Waals surface area contributed by atoms with Crippen molar-refractivity contribution in [2.45, 2.75) is 44.6 Å². The third-order valence-corrected chi connectivity index (χ3v) is 4.46. The number of aliphatic carboxylic acids is 1. The highest BCUT2D eigenvalue weighted by Crippen LogP contribution is 2.27. The minimum absolute atomic E-state index is 0.271. The lowest BCUT2D eigenvalue weighted by Gasteiger charge is -2.25. The number of nitrogens with one attached hydrogen (secondary N) is 1. The number of halogens is 2. The number of carboxylic acids is 1. The Kier molecular flexibility index (Phi) is 6.09. The SMILES string of the molecule is O=C(N[C@@H](CC1CCCCC1)C(=O)O)c1cc(Cl)cc(Cl)c1. The van der Waals surface area contributed by atoms with Crippen molar-refractivity contribution in [3.63, 3.8) is 0 Å². The van der Waals surface area contributed by atoms with Crippen molar-refractivity contribution >= 4 is 35.1 Å². The van der Waals surface area contributed by atoms with Gasteiger partial charge in [0.25, 0.3) is 5.91 Å². The number of rotatable bonds is 5. The average molecular weight is 344 g/mol. The number of benzene rings is 1. The predicted octanol–water partition coefficient (Wildman–Crippen LogP) is 4.15. The number of carboxylic acid groups (broad SMARTS) is 1. The van der Waals surface area contributed by atoms with E-state index in [0.29, 0.717) is 22.4 Å². The molecule has 0 aliphatic heterocycles. The quantitative estimate of drug-likeness (QED) is 0.843. The summed E-state index contributed by atoms with van der Waals surface area (Å²) in [5.41, 5.74) is 0.271. The van der Waals surface area contributed by atoms with Crippen LogP contribution in [0.15, 0.2) is 18.2 Å². The Morgan fingerprint density at radius 2 is 1.73 bits per heavy atom. The second kappa shape index (κ2) is 7.84. The molecule has 0 unspecified atom stereocenters. The zero-order chi connectivity index (χ0) is 16.1. The lowest BCUT2D eigenvalue weighted by atomic mass is 9.85. The highest BCUT2D eigenvalue weighted by Gasteiger charge is 2.26. The molecular weight excluding hydrogens is 325 g/mol. The van der Waals surface area contributed by atoms with E-state index in [2.05, 4.69) is 5.32 Å². The summed E-state index contributed by atoms with van der Waals surface area (Å²) in [6, 6.07) is 3.59. The van der Waals surface area contributed by atoms with E-state index in [-0.39, 0.29) is 5.56 Å². The maximum atomic E-state index is 12.2. The van der Waals surface area contributed by atoms with Crippen LogP contribution in [0.5, 0.6) is 0 Å². The third-order valence-electron chi connectivity index (χ3n) is 4.02. The average Bonchev–Trinajstić information content (AvgIpc) is 2.46. The molecular formula is C16H19Cl2NO3. The molecule has 1 aromatic rings. The molecule has 2 rings (SSSR count). The van der Waals surface area contributed by atoms with E-state index < -0.39 is 17.9 Å². The van der Waals surface area contributed by atoms with Gasteiger partial charge in [-0.05, 0) is 30.5 Å². The van der Waals surface area contributed by atoms with Crippen molar-refractivity contribution in [1.82, 2.24) is 5.32 Å². The van der Waals surface area contributed by atoms with E-state index in [9.17, 15) is 14.7 Å². The smallest absolute Gasteiger partial charge is 0.326 e. The molecule has 0 bridgehead atoms. The van der Waals surface area contributed by atoms with Gasteiger partial charge in [0.1, 0.15) is 6.04 Å². The Morgan fingerprint density at radius 3 is 2.27 bits per heavy atom. The fraction of sp³-hybridized carbons (Fsp3) is 0.500. The van der Waals surface area contributed by atoms with Crippen LogP contribution >= 0.6 is 23.2 Å². The van der Waals surface area contributed by atoms with Gasteiger partial charge in [0.05, 0.1) is 0 Å². The first kappa shape index (κ1) is 17.1. The Labute approximate surface area is 139 Å². The van der Waals surface area contributed by atoms with Crippen LogP contribution in [-0.2, 0) is 4.79 Å². The molecule has 1 amide bonds. The second-order valence-electron chi connectivity index (χ2n) is 5.76. The molecule has 0 spiro atoms. The zero-order valence-corrected chi connectivity index (χ0v) is 13.7. The molecule has 0 saturated heterocycles. The van der Waals surface area contributed by atoms with E-state index in [0.717, 1.165) is 25.7 Å². The fourth-order valence-corrected chi connectivity index (χ4v) is 3.43. The van der Waals surface area contributed by atoms with Gasteiger partial charge >= 0.3 is 5.97 Å². The maximum Gasteiger partial charge on any atom is 0.326 e. The van der Waals surface area contributed by atoms with Gasteiger partial charge in [-0.1, -0.05) is 55.3 Å². The van der Waals surface area contributed by atoms with Crippen molar-refractivity contribution in [2.75, 3.05) is 0 Å². The first-order chi connectivity index (χ1) is 10.5. The van der Waals surface area contributed by atoms with Crippen LogP contribution < -0.4 is 5.32 Å². The Hall–Kier alpha value is -1.26. The topological polar surface area (TPSA) is 66.4 Å². The van der Waals surface area contributed by atoms with Crippen molar-refractivity contribution < 1.29 is 14.7 Å². The number of hydrogen-bond donors (Lipinski definition) is 2. The molecule has 1 atom stereocenters. The third kappa shape index (κ3) is 4.89. The largest absolute Gasteiger partial charge is 0.480 e. The summed E-state index contributed by atoms with van der Waals surface area (Å²) >= 11 is 11.7. The normalized spacial score (nSPS) is 17.0. The summed E-state index contributed by atoms with van der Waals surface area (Å²) in [7, 11) is 0. The molecule has 1 saturated carbocycles. The molecule has 1 aliphatic carbocycles. The van der Waals surface area contributed by atoms with Crippen LogP contribution in [0.4, 0.5) is 0 Å². The van der Waals surface area contributed by atoms with Crippen molar-refractivity contribution in [3.8, 4) is 0 Å². The van der Waals surface area contributed by atoms with Crippen LogP contribution in [0.2, 0.25) is 10.0 Å². The standard InChI is InChI=1S/C16H19Cl2NO3/c17-12-7-11(8-13(18)9-12)15(20)19-14(16(21)22)6-10-4-2-1-3-5-10/h7-10,14H,1-6H2,(H,19,20)(H,21,22)/t14-/m0/s1. The van der Waals surface area contributed by atoms with Gasteiger partial charge in [-0.2, -0.15) is 0 Å². The van der Waals surface area contributed by atoms with Crippen LogP contribution in [0.3, 0.4) is 0 Å². The molecule has 1 aliphatic rings. The summed E-state index contributed by atoms with van der Waals surface area (Å²) in [6.45, 7) is 0. The van der Waals surface area contributed by atoms with Gasteiger partial charge in [-0.15, -0.1) is 0 Å². The van der Waals surface area contributed by atoms with Crippen LogP contribution in [0, 0.1) is 5.92 Å². The Balaban J connectivity index is 2.03. The minimum atomic E-state index is -1.01. The Morgan fingerprint density at radius 1 is 1.14 bits per heavy atom. The molecule has 0 aromatic heterocycles. The highest BCUT2D eigenvalue weighted by molar-refractivity contribution is 6.35. The van der Waals surface area contributed by atoms with E-state index in [4.69, 9.17) is 23.2 Å². The predicted molar refractivity (Wildman–Crippen MR) is 86.5 cm³/mol. The van der Waals surface area contributed by atoms with Crippen LogP contribution in [0.1, 0.15) is 48.9 Å². The molecule has 1 aromatic carbocycles. The van der Waals surface area contributed by atoms with Crippen molar-refractivity contribution in [3.05, 3.63) is 33.8 Å². The van der Waals surface area contributed by atoms with Crippen molar-refractivity contribution in [2.24, 2.45) is 5.92 Å². The van der Waals surface area contributed by atoms with Gasteiger partial charge in [-0.3, -0.25) is 4.79 Å².